The molecule has 0 fully saturated rings. The Morgan fingerprint density at radius 3 is 2.19 bits per heavy atom. The summed E-state index contributed by atoms with van der Waals surface area (Å²) in [5.41, 5.74) is 2.75. The molecule has 0 saturated carbocycles. The molecule has 2 rings (SSSR count). The smallest absolute Gasteiger partial charge is 0.307 e. The van der Waals surface area contributed by atoms with Crippen molar-refractivity contribution >= 4 is 11.8 Å². The van der Waals surface area contributed by atoms with Crippen molar-refractivity contribution < 1.29 is 14.7 Å². The molecule has 0 radical (unpaired) electrons. The third kappa shape index (κ3) is 3.57. The molecular weight excluding hydrogens is 264 g/mol. The van der Waals surface area contributed by atoms with E-state index in [-0.39, 0.29) is 12.2 Å². The molecule has 0 bridgehead atoms. The Bertz CT molecular complexity index is 654. The number of rotatable bonds is 5. The molecular formula is C18H18O3. The van der Waals surface area contributed by atoms with Crippen molar-refractivity contribution in [3.63, 3.8) is 0 Å². The van der Waals surface area contributed by atoms with Gasteiger partial charge in [-0.25, -0.2) is 0 Å². The second kappa shape index (κ2) is 6.35. The predicted molar refractivity (Wildman–Crippen MR) is 81.7 cm³/mol. The summed E-state index contributed by atoms with van der Waals surface area (Å²) in [5, 5.41) is 8.93. The average molecular weight is 282 g/mol. The summed E-state index contributed by atoms with van der Waals surface area (Å²) >= 11 is 0. The summed E-state index contributed by atoms with van der Waals surface area (Å²) in [7, 11) is 0. The van der Waals surface area contributed by atoms with Gasteiger partial charge in [-0.1, -0.05) is 62.4 Å². The fourth-order valence-electron chi connectivity index (χ4n) is 2.23. The van der Waals surface area contributed by atoms with Crippen LogP contribution in [0.5, 0.6) is 0 Å². The zero-order valence-electron chi connectivity index (χ0n) is 12.2. The Balaban J connectivity index is 2.33. The number of ketones is 1. The molecule has 2 aromatic rings. The molecule has 0 saturated heterocycles. The Kier molecular flexibility index (Phi) is 4.53. The van der Waals surface area contributed by atoms with Gasteiger partial charge in [-0.3, -0.25) is 9.59 Å². The molecule has 3 heteroatoms. The number of carboxylic acids is 1. The van der Waals surface area contributed by atoms with Crippen LogP contribution in [0.25, 0.3) is 0 Å². The maximum atomic E-state index is 12.5. The van der Waals surface area contributed by atoms with Crippen LogP contribution in [-0.4, -0.2) is 16.9 Å². The molecule has 0 heterocycles. The summed E-state index contributed by atoms with van der Waals surface area (Å²) in [6.07, 6.45) is -0.147. The van der Waals surface area contributed by atoms with Crippen molar-refractivity contribution in [2.45, 2.75) is 26.2 Å². The first-order valence-corrected chi connectivity index (χ1v) is 6.93. The van der Waals surface area contributed by atoms with Crippen molar-refractivity contribution in [3.05, 3.63) is 70.8 Å². The van der Waals surface area contributed by atoms with Crippen molar-refractivity contribution in [1.29, 1.82) is 0 Å². The lowest BCUT2D eigenvalue weighted by Crippen LogP contribution is -2.09. The van der Waals surface area contributed by atoms with Gasteiger partial charge in [0.2, 0.25) is 0 Å². The molecule has 108 valence electrons. The lowest BCUT2D eigenvalue weighted by atomic mass is 9.94. The molecule has 0 aliphatic heterocycles. The maximum Gasteiger partial charge on any atom is 0.307 e. The number of hydrogen-bond donors (Lipinski definition) is 1. The number of benzene rings is 2. The fourth-order valence-corrected chi connectivity index (χ4v) is 2.23. The van der Waals surface area contributed by atoms with Gasteiger partial charge in [0.1, 0.15) is 0 Å². The van der Waals surface area contributed by atoms with E-state index in [0.717, 1.165) is 0 Å². The SMILES string of the molecule is CC(C)c1ccc(C(=O)c2ccccc2CC(=O)O)cc1. The van der Waals surface area contributed by atoms with Crippen LogP contribution in [0.15, 0.2) is 48.5 Å². The van der Waals surface area contributed by atoms with E-state index < -0.39 is 5.97 Å². The predicted octanol–water partition coefficient (Wildman–Crippen LogP) is 3.67. The quantitative estimate of drug-likeness (QED) is 0.851. The van der Waals surface area contributed by atoms with Gasteiger partial charge in [0.05, 0.1) is 6.42 Å². The van der Waals surface area contributed by atoms with Crippen LogP contribution in [0.2, 0.25) is 0 Å². The van der Waals surface area contributed by atoms with Gasteiger partial charge in [-0.15, -0.1) is 0 Å². The summed E-state index contributed by atoms with van der Waals surface area (Å²) in [6.45, 7) is 4.19. The lowest BCUT2D eigenvalue weighted by molar-refractivity contribution is -0.136. The van der Waals surface area contributed by atoms with Gasteiger partial charge in [0.25, 0.3) is 0 Å². The molecule has 21 heavy (non-hydrogen) atoms. The summed E-state index contributed by atoms with van der Waals surface area (Å²) < 4.78 is 0. The first kappa shape index (κ1) is 15.0. The summed E-state index contributed by atoms with van der Waals surface area (Å²) in [4.78, 5) is 23.4. The number of aliphatic carboxylic acids is 1. The molecule has 1 N–H and O–H groups in total. The molecule has 0 unspecified atom stereocenters. The van der Waals surface area contributed by atoms with Crippen LogP contribution in [0.1, 0.15) is 46.8 Å². The molecule has 2 aromatic carbocycles. The van der Waals surface area contributed by atoms with Crippen molar-refractivity contribution in [3.8, 4) is 0 Å². The van der Waals surface area contributed by atoms with E-state index in [2.05, 4.69) is 13.8 Å². The molecule has 0 aliphatic carbocycles. The van der Waals surface area contributed by atoms with E-state index in [1.54, 1.807) is 36.4 Å². The van der Waals surface area contributed by atoms with Crippen molar-refractivity contribution in [1.82, 2.24) is 0 Å². The second-order valence-electron chi connectivity index (χ2n) is 5.33. The van der Waals surface area contributed by atoms with Gasteiger partial charge in [-0.05, 0) is 17.0 Å². The summed E-state index contributed by atoms with van der Waals surface area (Å²) in [5.74, 6) is -0.666. The highest BCUT2D eigenvalue weighted by Gasteiger charge is 2.15. The van der Waals surface area contributed by atoms with Crippen LogP contribution < -0.4 is 0 Å². The third-order valence-corrected chi connectivity index (χ3v) is 3.44. The van der Waals surface area contributed by atoms with E-state index >= 15 is 0 Å². The Hall–Kier alpha value is -2.42. The number of hydrogen-bond acceptors (Lipinski definition) is 2. The number of carbonyl (C=O) groups excluding carboxylic acids is 1. The minimum absolute atomic E-state index is 0.137. The second-order valence-corrected chi connectivity index (χ2v) is 5.33. The molecule has 3 nitrogen and oxygen atoms in total. The third-order valence-electron chi connectivity index (χ3n) is 3.44. The van der Waals surface area contributed by atoms with E-state index in [0.29, 0.717) is 22.6 Å². The molecule has 0 aliphatic rings. The first-order valence-electron chi connectivity index (χ1n) is 6.93. The zero-order valence-corrected chi connectivity index (χ0v) is 12.2. The molecule has 0 atom stereocenters. The first-order chi connectivity index (χ1) is 9.99. The van der Waals surface area contributed by atoms with E-state index in [1.165, 1.54) is 5.56 Å². The number of carbonyl (C=O) groups is 2. The Morgan fingerprint density at radius 1 is 1.00 bits per heavy atom. The van der Waals surface area contributed by atoms with Crippen LogP contribution in [0, 0.1) is 0 Å². The Labute approximate surface area is 124 Å². The van der Waals surface area contributed by atoms with Gasteiger partial charge in [-0.2, -0.15) is 0 Å². The van der Waals surface area contributed by atoms with Gasteiger partial charge >= 0.3 is 5.97 Å². The Morgan fingerprint density at radius 2 is 1.62 bits per heavy atom. The normalized spacial score (nSPS) is 10.6. The van der Waals surface area contributed by atoms with Crippen molar-refractivity contribution in [2.75, 3.05) is 0 Å². The minimum Gasteiger partial charge on any atom is -0.481 e. The van der Waals surface area contributed by atoms with Crippen LogP contribution >= 0.6 is 0 Å². The highest BCUT2D eigenvalue weighted by Crippen LogP contribution is 2.19. The molecule has 0 amide bonds. The largest absolute Gasteiger partial charge is 0.481 e. The number of carboxylic acid groups (broad SMARTS) is 1. The minimum atomic E-state index is -0.939. The van der Waals surface area contributed by atoms with E-state index in [4.69, 9.17) is 5.11 Å². The monoisotopic (exact) mass is 282 g/mol. The molecule has 0 aromatic heterocycles. The van der Waals surface area contributed by atoms with Gasteiger partial charge < -0.3 is 5.11 Å². The summed E-state index contributed by atoms with van der Waals surface area (Å²) in [6, 6.07) is 14.3. The maximum absolute atomic E-state index is 12.5. The van der Waals surface area contributed by atoms with Crippen molar-refractivity contribution in [2.24, 2.45) is 0 Å². The van der Waals surface area contributed by atoms with Gasteiger partial charge in [0, 0.05) is 11.1 Å². The standard InChI is InChI=1S/C18H18O3/c1-12(2)13-7-9-14(10-8-13)18(21)16-6-4-3-5-15(16)11-17(19)20/h3-10,12H,11H2,1-2H3,(H,19,20). The van der Waals surface area contributed by atoms with Crippen LogP contribution in [-0.2, 0) is 11.2 Å². The topological polar surface area (TPSA) is 54.4 Å². The highest BCUT2D eigenvalue weighted by atomic mass is 16.4. The van der Waals surface area contributed by atoms with Crippen LogP contribution in [0.4, 0.5) is 0 Å². The average Bonchev–Trinajstić information content (AvgIpc) is 2.46. The van der Waals surface area contributed by atoms with E-state index in [9.17, 15) is 9.59 Å². The van der Waals surface area contributed by atoms with E-state index in [1.807, 2.05) is 12.1 Å². The highest BCUT2D eigenvalue weighted by molar-refractivity contribution is 6.10. The molecule has 0 spiro atoms. The van der Waals surface area contributed by atoms with Gasteiger partial charge in [0.15, 0.2) is 5.78 Å². The lowest BCUT2D eigenvalue weighted by Gasteiger charge is -2.09. The fraction of sp³-hybridized carbons (Fsp3) is 0.222. The van der Waals surface area contributed by atoms with Crippen LogP contribution in [0.3, 0.4) is 0 Å². The zero-order chi connectivity index (χ0) is 15.4.